The largest absolute Gasteiger partial charge is 0.444 e. The lowest BCUT2D eigenvalue weighted by molar-refractivity contribution is 0.0292. The first-order chi connectivity index (χ1) is 13.2. The molecule has 0 saturated carbocycles. The Morgan fingerprint density at radius 3 is 2.50 bits per heavy atom. The molecule has 0 aliphatic carbocycles. The predicted octanol–water partition coefficient (Wildman–Crippen LogP) is 4.71. The Morgan fingerprint density at radius 1 is 1.18 bits per heavy atom. The number of nitrogens with one attached hydrogen (secondary N) is 1. The van der Waals surface area contributed by atoms with Crippen LogP contribution in [-0.4, -0.2) is 40.6 Å². The Bertz CT molecular complexity index is 845. The molecule has 28 heavy (non-hydrogen) atoms. The van der Waals surface area contributed by atoms with Gasteiger partial charge in [-0.2, -0.15) is 0 Å². The molecular weight excluding hydrogens is 378 g/mol. The highest BCUT2D eigenvalue weighted by Crippen LogP contribution is 2.29. The number of anilines is 1. The van der Waals surface area contributed by atoms with E-state index in [0.717, 1.165) is 12.0 Å². The van der Waals surface area contributed by atoms with Gasteiger partial charge < -0.3 is 15.0 Å². The molecule has 0 radical (unpaired) electrons. The van der Waals surface area contributed by atoms with Crippen molar-refractivity contribution in [1.29, 1.82) is 0 Å². The van der Waals surface area contributed by atoms with Gasteiger partial charge in [-0.15, -0.1) is 0 Å². The first-order valence-electron chi connectivity index (χ1n) is 9.22. The van der Waals surface area contributed by atoms with Gasteiger partial charge in [0.15, 0.2) is 0 Å². The van der Waals surface area contributed by atoms with E-state index in [1.54, 1.807) is 17.0 Å². The zero-order valence-corrected chi connectivity index (χ0v) is 17.0. The minimum absolute atomic E-state index is 0.259. The Kier molecular flexibility index (Phi) is 5.89. The van der Waals surface area contributed by atoms with Crippen LogP contribution in [0.25, 0.3) is 0 Å². The topological polar surface area (TPSA) is 71.5 Å². The molecule has 1 aromatic heterocycles. The second-order valence-electron chi connectivity index (χ2n) is 7.85. The zero-order valence-electron chi connectivity index (χ0n) is 16.2. The number of carbonyl (C=O) groups is 2. The second kappa shape index (κ2) is 8.19. The molecule has 2 amide bonds. The number of nitrogens with zero attached hydrogens (tertiary/aromatic N) is 2. The highest BCUT2D eigenvalue weighted by atomic mass is 35.5. The summed E-state index contributed by atoms with van der Waals surface area (Å²) in [4.78, 5) is 30.2. The summed E-state index contributed by atoms with van der Waals surface area (Å²) < 4.78 is 5.44. The van der Waals surface area contributed by atoms with Crippen LogP contribution < -0.4 is 5.32 Å². The Labute approximate surface area is 169 Å². The molecule has 1 aliphatic rings. The molecule has 0 bridgehead atoms. The second-order valence-corrected chi connectivity index (χ2v) is 8.29. The average molecular weight is 402 g/mol. The first kappa shape index (κ1) is 20.1. The smallest absolute Gasteiger partial charge is 0.410 e. The lowest BCUT2D eigenvalue weighted by Crippen LogP contribution is -2.35. The summed E-state index contributed by atoms with van der Waals surface area (Å²) in [6.45, 7) is 6.91. The minimum Gasteiger partial charge on any atom is -0.444 e. The van der Waals surface area contributed by atoms with Crippen LogP contribution in [-0.2, 0) is 4.74 Å². The highest BCUT2D eigenvalue weighted by Gasteiger charge is 2.30. The van der Waals surface area contributed by atoms with Crippen LogP contribution in [0.5, 0.6) is 0 Å². The summed E-state index contributed by atoms with van der Waals surface area (Å²) in [7, 11) is 0. The van der Waals surface area contributed by atoms with Gasteiger partial charge in [-0.05, 0) is 57.0 Å². The molecule has 0 spiro atoms. The van der Waals surface area contributed by atoms with Crippen molar-refractivity contribution in [3.05, 3.63) is 58.9 Å². The van der Waals surface area contributed by atoms with Gasteiger partial charge in [0, 0.05) is 30.9 Å². The lowest BCUT2D eigenvalue weighted by Gasteiger charge is -2.24. The van der Waals surface area contributed by atoms with Crippen LogP contribution in [0, 0.1) is 0 Å². The number of aromatic nitrogens is 1. The third-order valence-electron chi connectivity index (χ3n) is 4.44. The summed E-state index contributed by atoms with van der Waals surface area (Å²) in [5.74, 6) is -0.0309. The normalized spacial score (nSPS) is 16.7. The van der Waals surface area contributed by atoms with Gasteiger partial charge in [-0.3, -0.25) is 4.79 Å². The van der Waals surface area contributed by atoms with Crippen molar-refractivity contribution in [3.8, 4) is 0 Å². The number of likely N-dealkylation sites (tertiary alicyclic amines) is 1. The maximum atomic E-state index is 12.2. The average Bonchev–Trinajstić information content (AvgIpc) is 3.12. The number of carbonyl (C=O) groups excluding carboxylic acids is 2. The fourth-order valence-corrected chi connectivity index (χ4v) is 3.18. The van der Waals surface area contributed by atoms with Crippen molar-refractivity contribution < 1.29 is 14.3 Å². The van der Waals surface area contributed by atoms with Gasteiger partial charge >= 0.3 is 6.09 Å². The Hall–Kier alpha value is -2.60. The molecule has 3 rings (SSSR count). The van der Waals surface area contributed by atoms with Gasteiger partial charge in [0.2, 0.25) is 0 Å². The number of hydrogen-bond acceptors (Lipinski definition) is 4. The quantitative estimate of drug-likeness (QED) is 0.808. The molecule has 1 aliphatic heterocycles. The molecule has 1 saturated heterocycles. The molecule has 148 valence electrons. The number of ether oxygens (including phenoxy) is 1. The van der Waals surface area contributed by atoms with E-state index in [1.165, 1.54) is 6.20 Å². The van der Waals surface area contributed by atoms with Crippen LogP contribution in [0.2, 0.25) is 5.02 Å². The van der Waals surface area contributed by atoms with Gasteiger partial charge in [-0.25, -0.2) is 9.78 Å². The van der Waals surface area contributed by atoms with E-state index in [9.17, 15) is 9.59 Å². The maximum Gasteiger partial charge on any atom is 0.410 e. The van der Waals surface area contributed by atoms with E-state index in [4.69, 9.17) is 16.3 Å². The molecule has 6 nitrogen and oxygen atoms in total. The summed E-state index contributed by atoms with van der Waals surface area (Å²) >= 11 is 5.79. The zero-order chi connectivity index (χ0) is 20.3. The predicted molar refractivity (Wildman–Crippen MR) is 109 cm³/mol. The molecule has 0 unspecified atom stereocenters. The SMILES string of the molecule is CC(C)(C)OC(=O)N1CC[C@@H](c2ccc(NC(=O)c3ccc(Cl)cn3)cc2)C1. The van der Waals surface area contributed by atoms with E-state index in [1.807, 2.05) is 45.0 Å². The number of benzene rings is 1. The van der Waals surface area contributed by atoms with Gasteiger partial charge in [0.05, 0.1) is 5.02 Å². The van der Waals surface area contributed by atoms with Crippen LogP contribution in [0.1, 0.15) is 49.2 Å². The highest BCUT2D eigenvalue weighted by molar-refractivity contribution is 6.30. The van der Waals surface area contributed by atoms with Crippen LogP contribution in [0.15, 0.2) is 42.6 Å². The van der Waals surface area contributed by atoms with E-state index >= 15 is 0 Å². The summed E-state index contributed by atoms with van der Waals surface area (Å²) in [5, 5.41) is 3.30. The van der Waals surface area contributed by atoms with Crippen molar-refractivity contribution in [1.82, 2.24) is 9.88 Å². The van der Waals surface area contributed by atoms with Gasteiger partial charge in [0.1, 0.15) is 11.3 Å². The van der Waals surface area contributed by atoms with Crippen molar-refractivity contribution in [2.75, 3.05) is 18.4 Å². The molecule has 1 fully saturated rings. The molecule has 2 aromatic rings. The third kappa shape index (κ3) is 5.23. The molecule has 1 atom stereocenters. The summed E-state index contributed by atoms with van der Waals surface area (Å²) in [6.07, 6.45) is 2.06. The molecule has 7 heteroatoms. The van der Waals surface area contributed by atoms with Gasteiger partial charge in [0.25, 0.3) is 5.91 Å². The third-order valence-corrected chi connectivity index (χ3v) is 4.66. The fraction of sp³-hybridized carbons (Fsp3) is 0.381. The van der Waals surface area contributed by atoms with Crippen molar-refractivity contribution >= 4 is 29.3 Å². The molecule has 1 aromatic carbocycles. The summed E-state index contributed by atoms with van der Waals surface area (Å²) in [5.41, 5.74) is 1.63. The maximum absolute atomic E-state index is 12.2. The molecule has 1 N–H and O–H groups in total. The standard InChI is InChI=1S/C21H24ClN3O3/c1-21(2,3)28-20(27)25-11-10-15(13-25)14-4-7-17(8-5-14)24-19(26)18-9-6-16(22)12-23-18/h4-9,12,15H,10-11,13H2,1-3H3,(H,24,26)/t15-/m1/s1. The first-order valence-corrected chi connectivity index (χ1v) is 9.60. The number of amides is 2. The van der Waals surface area contributed by atoms with Crippen LogP contribution in [0.3, 0.4) is 0 Å². The van der Waals surface area contributed by atoms with Crippen LogP contribution in [0.4, 0.5) is 10.5 Å². The Morgan fingerprint density at radius 2 is 1.89 bits per heavy atom. The number of hydrogen-bond donors (Lipinski definition) is 1. The van der Waals surface area contributed by atoms with E-state index in [0.29, 0.717) is 29.5 Å². The minimum atomic E-state index is -0.492. The van der Waals surface area contributed by atoms with Crippen LogP contribution >= 0.6 is 11.6 Å². The van der Waals surface area contributed by atoms with E-state index in [-0.39, 0.29) is 17.9 Å². The van der Waals surface area contributed by atoms with Gasteiger partial charge in [-0.1, -0.05) is 23.7 Å². The molecular formula is C21H24ClN3O3. The van der Waals surface area contributed by atoms with E-state index < -0.39 is 5.60 Å². The Balaban J connectivity index is 1.58. The van der Waals surface area contributed by atoms with E-state index in [2.05, 4.69) is 10.3 Å². The number of halogens is 1. The fourth-order valence-electron chi connectivity index (χ4n) is 3.07. The number of pyridine rings is 1. The monoisotopic (exact) mass is 401 g/mol. The lowest BCUT2D eigenvalue weighted by atomic mass is 9.98. The summed E-state index contributed by atoms with van der Waals surface area (Å²) in [6, 6.07) is 10.9. The number of rotatable bonds is 3. The van der Waals surface area contributed by atoms with Crippen molar-refractivity contribution in [2.24, 2.45) is 0 Å². The molecule has 2 heterocycles. The van der Waals surface area contributed by atoms with Crippen molar-refractivity contribution in [2.45, 2.75) is 38.7 Å². The van der Waals surface area contributed by atoms with Crippen molar-refractivity contribution in [3.63, 3.8) is 0 Å².